The molecule has 198 valence electrons. The van der Waals surface area contributed by atoms with E-state index < -0.39 is 5.92 Å². The van der Waals surface area contributed by atoms with Gasteiger partial charge in [-0.2, -0.15) is 5.26 Å². The number of aryl methyl sites for hydroxylation is 2. The van der Waals surface area contributed by atoms with E-state index in [-0.39, 0.29) is 23.3 Å². The Labute approximate surface area is 243 Å². The first kappa shape index (κ1) is 27.1. The number of halogens is 1. The number of hydrogen-bond acceptors (Lipinski definition) is 9. The Morgan fingerprint density at radius 1 is 1.21 bits per heavy atom. The zero-order valence-corrected chi connectivity index (χ0v) is 24.5. The normalized spacial score (nSPS) is 17.2. The standard InChI is InChI=1S/C28H25BrN6O2S2/c1-15-6-9-17(10-7-15)24-18(13-30)26(31)35(21-4-3-5-22(36)25(21)24)27-33-34-28(39-27)38-14-23(37)32-20-11-8-16(2)12-19(20)29/h6-12,24H,3-5,14,31H2,1-2H3,(H,32,37). The largest absolute Gasteiger partial charge is 0.384 e. The van der Waals surface area contributed by atoms with Crippen molar-refractivity contribution < 1.29 is 9.59 Å². The molecule has 1 unspecified atom stereocenters. The van der Waals surface area contributed by atoms with E-state index in [1.807, 2.05) is 56.3 Å². The second-order valence-corrected chi connectivity index (χ2v) is 12.4. The van der Waals surface area contributed by atoms with E-state index in [1.165, 1.54) is 23.1 Å². The lowest BCUT2D eigenvalue weighted by Crippen LogP contribution is -2.38. The summed E-state index contributed by atoms with van der Waals surface area (Å²) in [6.45, 7) is 3.97. The monoisotopic (exact) mass is 620 g/mol. The van der Waals surface area contributed by atoms with Gasteiger partial charge in [0, 0.05) is 22.2 Å². The van der Waals surface area contributed by atoms with Gasteiger partial charge in [0.15, 0.2) is 10.1 Å². The minimum Gasteiger partial charge on any atom is -0.384 e. The number of ketones is 1. The Balaban J connectivity index is 1.41. The highest BCUT2D eigenvalue weighted by Gasteiger charge is 2.41. The molecule has 39 heavy (non-hydrogen) atoms. The van der Waals surface area contributed by atoms with Gasteiger partial charge in [0.05, 0.1) is 29.0 Å². The van der Waals surface area contributed by atoms with Gasteiger partial charge in [0.2, 0.25) is 11.0 Å². The SMILES string of the molecule is Cc1ccc(C2C(C#N)=C(N)N(c3nnc(SCC(=O)Nc4ccc(C)cc4Br)s3)C3=C2C(=O)CCC3)cc1. The molecule has 1 aliphatic heterocycles. The third kappa shape index (κ3) is 5.50. The van der Waals surface area contributed by atoms with Crippen molar-refractivity contribution in [2.24, 2.45) is 5.73 Å². The van der Waals surface area contributed by atoms with E-state index in [1.54, 1.807) is 4.90 Å². The number of rotatable bonds is 6. The summed E-state index contributed by atoms with van der Waals surface area (Å²) < 4.78 is 1.40. The molecule has 2 heterocycles. The maximum absolute atomic E-state index is 13.3. The minimum atomic E-state index is -0.513. The van der Waals surface area contributed by atoms with Crippen LogP contribution in [-0.2, 0) is 9.59 Å². The van der Waals surface area contributed by atoms with Crippen molar-refractivity contribution in [2.45, 2.75) is 43.4 Å². The lowest BCUT2D eigenvalue weighted by atomic mass is 9.75. The molecule has 0 saturated heterocycles. The van der Waals surface area contributed by atoms with Crippen LogP contribution in [0.25, 0.3) is 0 Å². The molecule has 2 aromatic carbocycles. The first-order chi connectivity index (χ1) is 18.8. The predicted molar refractivity (Wildman–Crippen MR) is 157 cm³/mol. The van der Waals surface area contributed by atoms with Crippen molar-refractivity contribution in [1.82, 2.24) is 10.2 Å². The van der Waals surface area contributed by atoms with Gasteiger partial charge in [0.1, 0.15) is 5.82 Å². The van der Waals surface area contributed by atoms with Crippen LogP contribution in [0.5, 0.6) is 0 Å². The van der Waals surface area contributed by atoms with Crippen LogP contribution in [0.4, 0.5) is 10.8 Å². The van der Waals surface area contributed by atoms with Crippen LogP contribution in [0, 0.1) is 25.2 Å². The number of nitrogens with zero attached hydrogens (tertiary/aromatic N) is 4. The van der Waals surface area contributed by atoms with E-state index in [0.29, 0.717) is 45.6 Å². The van der Waals surface area contributed by atoms with Crippen LogP contribution >= 0.6 is 39.0 Å². The van der Waals surface area contributed by atoms with Gasteiger partial charge in [-0.3, -0.25) is 14.5 Å². The van der Waals surface area contributed by atoms with Crippen molar-refractivity contribution in [1.29, 1.82) is 5.26 Å². The number of nitrogens with two attached hydrogens (primary N) is 1. The zero-order valence-electron chi connectivity index (χ0n) is 21.3. The number of hydrogen-bond donors (Lipinski definition) is 2. The summed E-state index contributed by atoms with van der Waals surface area (Å²) in [4.78, 5) is 27.5. The number of allylic oxidation sites excluding steroid dienone is 3. The molecular formula is C28H25BrN6O2S2. The van der Waals surface area contributed by atoms with Crippen LogP contribution in [0.15, 0.2) is 73.9 Å². The second-order valence-electron chi connectivity index (χ2n) is 9.40. The van der Waals surface area contributed by atoms with Crippen LogP contribution < -0.4 is 16.0 Å². The van der Waals surface area contributed by atoms with Crippen molar-refractivity contribution in [3.63, 3.8) is 0 Å². The lowest BCUT2D eigenvalue weighted by molar-refractivity contribution is -0.116. The number of benzene rings is 2. The van der Waals surface area contributed by atoms with Crippen LogP contribution in [0.1, 0.15) is 41.9 Å². The molecule has 1 amide bonds. The van der Waals surface area contributed by atoms with Crippen LogP contribution in [0.2, 0.25) is 0 Å². The number of thioether (sulfide) groups is 1. The summed E-state index contributed by atoms with van der Waals surface area (Å²) >= 11 is 6.01. The Kier molecular flexibility index (Phi) is 7.88. The molecule has 2 aliphatic rings. The highest BCUT2D eigenvalue weighted by molar-refractivity contribution is 9.10. The maximum atomic E-state index is 13.3. The van der Waals surface area contributed by atoms with Crippen molar-refractivity contribution in [2.75, 3.05) is 16.0 Å². The molecule has 5 rings (SSSR count). The molecule has 1 aliphatic carbocycles. The molecule has 8 nitrogen and oxygen atoms in total. The molecule has 3 aromatic rings. The first-order valence-electron chi connectivity index (χ1n) is 12.3. The second kappa shape index (κ2) is 11.3. The lowest BCUT2D eigenvalue weighted by Gasteiger charge is -2.38. The van der Waals surface area contributed by atoms with Gasteiger partial charge >= 0.3 is 0 Å². The fraction of sp³-hybridized carbons (Fsp3) is 0.250. The molecule has 1 atom stereocenters. The average Bonchev–Trinajstić information content (AvgIpc) is 3.37. The van der Waals surface area contributed by atoms with Gasteiger partial charge in [0.25, 0.3) is 0 Å². The maximum Gasteiger partial charge on any atom is 0.234 e. The first-order valence-corrected chi connectivity index (χ1v) is 14.9. The number of anilines is 2. The molecule has 0 radical (unpaired) electrons. The number of carbonyl (C=O) groups is 2. The Bertz CT molecular complexity index is 1570. The number of aromatic nitrogens is 2. The Morgan fingerprint density at radius 3 is 2.67 bits per heavy atom. The third-order valence-corrected chi connectivity index (χ3v) is 9.33. The average molecular weight is 622 g/mol. The van der Waals surface area contributed by atoms with Crippen molar-refractivity contribution in [3.8, 4) is 6.07 Å². The van der Waals surface area contributed by atoms with Crippen molar-refractivity contribution in [3.05, 3.63) is 86.3 Å². The molecule has 11 heteroatoms. The Morgan fingerprint density at radius 2 is 1.95 bits per heavy atom. The van der Waals surface area contributed by atoms with E-state index in [9.17, 15) is 14.9 Å². The summed E-state index contributed by atoms with van der Waals surface area (Å²) in [7, 11) is 0. The number of amides is 1. The van der Waals surface area contributed by atoms with Gasteiger partial charge in [-0.25, -0.2) is 0 Å². The van der Waals surface area contributed by atoms with Gasteiger partial charge < -0.3 is 11.1 Å². The minimum absolute atomic E-state index is 0.0186. The number of nitrogens with one attached hydrogen (secondary N) is 1. The van der Waals surface area contributed by atoms with E-state index in [0.717, 1.165) is 26.9 Å². The van der Waals surface area contributed by atoms with Gasteiger partial charge in [-0.05, 0) is 65.9 Å². The van der Waals surface area contributed by atoms with Crippen LogP contribution in [-0.4, -0.2) is 27.6 Å². The Hall–Kier alpha value is -3.46. The summed E-state index contributed by atoms with van der Waals surface area (Å²) in [6.07, 6.45) is 1.76. The number of Topliss-reactive ketones (excluding diaryl/α,β-unsaturated/α-hetero) is 1. The molecule has 0 fully saturated rings. The molecule has 0 spiro atoms. The fourth-order valence-corrected chi connectivity index (χ4v) is 7.06. The van der Waals surface area contributed by atoms with Gasteiger partial charge in [-0.15, -0.1) is 10.2 Å². The van der Waals surface area contributed by atoms with E-state index in [4.69, 9.17) is 5.73 Å². The summed E-state index contributed by atoms with van der Waals surface area (Å²) in [6, 6.07) is 15.8. The molecule has 0 bridgehead atoms. The zero-order chi connectivity index (χ0) is 27.7. The topological polar surface area (TPSA) is 125 Å². The summed E-state index contributed by atoms with van der Waals surface area (Å²) in [5.74, 6) is -0.266. The molecular weight excluding hydrogens is 596 g/mol. The smallest absolute Gasteiger partial charge is 0.234 e. The summed E-state index contributed by atoms with van der Waals surface area (Å²) in [5.41, 5.74) is 12.0. The predicted octanol–water partition coefficient (Wildman–Crippen LogP) is 5.95. The third-order valence-electron chi connectivity index (χ3n) is 6.64. The molecule has 3 N–H and O–H groups in total. The summed E-state index contributed by atoms with van der Waals surface area (Å²) in [5, 5.41) is 22.1. The fourth-order valence-electron chi connectivity index (χ4n) is 4.78. The quantitative estimate of drug-likeness (QED) is 0.324. The number of carbonyl (C=O) groups excluding carboxylic acids is 2. The van der Waals surface area contributed by atoms with Gasteiger partial charge in [-0.1, -0.05) is 59.0 Å². The van der Waals surface area contributed by atoms with Crippen molar-refractivity contribution >= 4 is 61.5 Å². The van der Waals surface area contributed by atoms with E-state index in [2.05, 4.69) is 37.5 Å². The van der Waals surface area contributed by atoms with Crippen LogP contribution in [0.3, 0.4) is 0 Å². The number of nitriles is 1. The highest BCUT2D eigenvalue weighted by Crippen LogP contribution is 2.47. The molecule has 1 aromatic heterocycles. The van der Waals surface area contributed by atoms with E-state index >= 15 is 0 Å². The highest BCUT2D eigenvalue weighted by atomic mass is 79.9. The molecule has 0 saturated carbocycles.